The molecule has 2 rings (SSSR count). The molecule has 1 fully saturated rings. The first-order chi connectivity index (χ1) is 9.50. The van der Waals surface area contributed by atoms with E-state index in [4.69, 9.17) is 9.26 Å². The molecule has 0 spiro atoms. The molecule has 0 aliphatic carbocycles. The molecular formula is C15H27N3O2. The van der Waals surface area contributed by atoms with Crippen LogP contribution in [0, 0.1) is 11.3 Å². The molecule has 0 radical (unpaired) electrons. The molecule has 1 saturated heterocycles. The minimum atomic E-state index is -0.116. The highest BCUT2D eigenvalue weighted by atomic mass is 16.5. The average molecular weight is 281 g/mol. The fraction of sp³-hybridized carbons (Fsp3) is 0.867. The molecule has 1 aromatic heterocycles. The monoisotopic (exact) mass is 281 g/mol. The number of piperidine rings is 1. The Balaban J connectivity index is 2.02. The van der Waals surface area contributed by atoms with Crippen molar-refractivity contribution in [2.24, 2.45) is 11.3 Å². The molecule has 2 unspecified atom stereocenters. The van der Waals surface area contributed by atoms with Gasteiger partial charge in [-0.25, -0.2) is 0 Å². The third-order valence-corrected chi connectivity index (χ3v) is 3.70. The fourth-order valence-electron chi connectivity index (χ4n) is 2.68. The van der Waals surface area contributed by atoms with Gasteiger partial charge in [-0.2, -0.15) is 4.98 Å². The molecule has 20 heavy (non-hydrogen) atoms. The Bertz CT molecular complexity index is 405. The van der Waals surface area contributed by atoms with Crippen molar-refractivity contribution in [1.82, 2.24) is 15.5 Å². The van der Waals surface area contributed by atoms with Gasteiger partial charge in [-0.05, 0) is 44.2 Å². The minimum Gasteiger partial charge on any atom is -0.370 e. The molecule has 114 valence electrons. The lowest BCUT2D eigenvalue weighted by atomic mass is 9.88. The third-order valence-electron chi connectivity index (χ3n) is 3.70. The van der Waals surface area contributed by atoms with E-state index in [9.17, 15) is 0 Å². The highest BCUT2D eigenvalue weighted by Crippen LogP contribution is 2.34. The number of nitrogens with one attached hydrogen (secondary N) is 1. The highest BCUT2D eigenvalue weighted by molar-refractivity contribution is 4.97. The number of hydrogen-bond acceptors (Lipinski definition) is 5. The van der Waals surface area contributed by atoms with Gasteiger partial charge in [-0.3, -0.25) is 0 Å². The summed E-state index contributed by atoms with van der Waals surface area (Å²) in [6, 6.07) is 0. The zero-order valence-electron chi connectivity index (χ0n) is 13.1. The summed E-state index contributed by atoms with van der Waals surface area (Å²) in [5.74, 6) is 2.03. The topological polar surface area (TPSA) is 60.2 Å². The van der Waals surface area contributed by atoms with Crippen molar-refractivity contribution in [1.29, 1.82) is 0 Å². The van der Waals surface area contributed by atoms with Gasteiger partial charge in [0.15, 0.2) is 0 Å². The molecule has 0 aromatic carbocycles. The maximum Gasteiger partial charge on any atom is 0.227 e. The van der Waals surface area contributed by atoms with Gasteiger partial charge < -0.3 is 14.6 Å². The Hall–Kier alpha value is -0.940. The lowest BCUT2D eigenvalue weighted by Gasteiger charge is -2.27. The molecule has 0 saturated carbocycles. The van der Waals surface area contributed by atoms with Gasteiger partial charge in [0.1, 0.15) is 6.10 Å². The lowest BCUT2D eigenvalue weighted by Crippen LogP contribution is -2.30. The second-order valence-corrected chi connectivity index (χ2v) is 6.66. The summed E-state index contributed by atoms with van der Waals surface area (Å²) in [5, 5.41) is 7.55. The van der Waals surface area contributed by atoms with Crippen molar-refractivity contribution in [3.63, 3.8) is 0 Å². The second-order valence-electron chi connectivity index (χ2n) is 6.66. The van der Waals surface area contributed by atoms with Gasteiger partial charge in [-0.1, -0.05) is 25.9 Å². The van der Waals surface area contributed by atoms with E-state index >= 15 is 0 Å². The molecule has 2 heterocycles. The van der Waals surface area contributed by atoms with E-state index in [0.717, 1.165) is 25.4 Å². The molecule has 5 nitrogen and oxygen atoms in total. The van der Waals surface area contributed by atoms with Gasteiger partial charge >= 0.3 is 0 Å². The first-order valence-corrected chi connectivity index (χ1v) is 7.65. The van der Waals surface area contributed by atoms with E-state index in [1.54, 1.807) is 0 Å². The zero-order chi connectivity index (χ0) is 14.6. The standard InChI is InChI=1S/C15H27N3O2/c1-5-19-13(15(2,3)4)14-17-12(20-18-14)9-11-7-6-8-16-10-11/h11,13,16H,5-10H2,1-4H3. The summed E-state index contributed by atoms with van der Waals surface area (Å²) >= 11 is 0. The van der Waals surface area contributed by atoms with Crippen LogP contribution in [0.15, 0.2) is 4.52 Å². The zero-order valence-corrected chi connectivity index (χ0v) is 13.1. The van der Waals surface area contributed by atoms with Crippen LogP contribution in [0.1, 0.15) is 58.4 Å². The summed E-state index contributed by atoms with van der Waals surface area (Å²) in [5.41, 5.74) is -0.0381. The molecule has 5 heteroatoms. The number of aromatic nitrogens is 2. The average Bonchev–Trinajstić information content (AvgIpc) is 2.84. The maximum atomic E-state index is 5.80. The van der Waals surface area contributed by atoms with Gasteiger partial charge in [0.25, 0.3) is 0 Å². The van der Waals surface area contributed by atoms with Crippen LogP contribution in [-0.4, -0.2) is 29.8 Å². The summed E-state index contributed by atoms with van der Waals surface area (Å²) in [4.78, 5) is 4.56. The van der Waals surface area contributed by atoms with Gasteiger partial charge in [0.2, 0.25) is 11.7 Å². The van der Waals surface area contributed by atoms with E-state index in [0.29, 0.717) is 18.3 Å². The number of nitrogens with zero attached hydrogens (tertiary/aromatic N) is 2. The first kappa shape index (κ1) is 15.4. The predicted molar refractivity (Wildman–Crippen MR) is 77.4 cm³/mol. The maximum absolute atomic E-state index is 5.80. The Kier molecular flexibility index (Phi) is 5.16. The van der Waals surface area contributed by atoms with E-state index < -0.39 is 0 Å². The lowest BCUT2D eigenvalue weighted by molar-refractivity contribution is -0.0203. The predicted octanol–water partition coefficient (Wildman–Crippen LogP) is 2.74. The van der Waals surface area contributed by atoms with Crippen molar-refractivity contribution in [2.75, 3.05) is 19.7 Å². The Labute approximate surface area is 121 Å². The quantitative estimate of drug-likeness (QED) is 0.899. The molecule has 2 atom stereocenters. The van der Waals surface area contributed by atoms with E-state index in [1.165, 1.54) is 12.8 Å². The van der Waals surface area contributed by atoms with E-state index in [2.05, 4.69) is 36.2 Å². The summed E-state index contributed by atoms with van der Waals surface area (Å²) in [7, 11) is 0. The molecule has 1 aliphatic heterocycles. The minimum absolute atomic E-state index is 0.0381. The summed E-state index contributed by atoms with van der Waals surface area (Å²) < 4.78 is 11.2. The normalized spacial score (nSPS) is 21.9. The van der Waals surface area contributed by atoms with Crippen molar-refractivity contribution >= 4 is 0 Å². The van der Waals surface area contributed by atoms with Crippen molar-refractivity contribution in [3.05, 3.63) is 11.7 Å². The molecule has 1 aromatic rings. The SMILES string of the molecule is CCOC(c1noc(CC2CCCNC2)n1)C(C)(C)C. The first-order valence-electron chi connectivity index (χ1n) is 7.65. The van der Waals surface area contributed by atoms with Crippen LogP contribution in [-0.2, 0) is 11.2 Å². The van der Waals surface area contributed by atoms with Crippen LogP contribution < -0.4 is 5.32 Å². The Morgan fingerprint density at radius 2 is 2.25 bits per heavy atom. The Morgan fingerprint density at radius 3 is 2.85 bits per heavy atom. The second kappa shape index (κ2) is 6.68. The molecule has 1 aliphatic rings. The Morgan fingerprint density at radius 1 is 1.45 bits per heavy atom. The van der Waals surface area contributed by atoms with Gasteiger partial charge in [0, 0.05) is 13.0 Å². The molecule has 1 N–H and O–H groups in total. The smallest absolute Gasteiger partial charge is 0.227 e. The number of rotatable bonds is 5. The van der Waals surface area contributed by atoms with Crippen molar-refractivity contribution in [2.45, 2.75) is 53.1 Å². The highest BCUT2D eigenvalue weighted by Gasteiger charge is 2.31. The third kappa shape index (κ3) is 4.03. The van der Waals surface area contributed by atoms with Gasteiger partial charge in [-0.15, -0.1) is 0 Å². The van der Waals surface area contributed by atoms with Gasteiger partial charge in [0.05, 0.1) is 0 Å². The van der Waals surface area contributed by atoms with Crippen LogP contribution in [0.2, 0.25) is 0 Å². The largest absolute Gasteiger partial charge is 0.370 e. The van der Waals surface area contributed by atoms with Crippen LogP contribution in [0.4, 0.5) is 0 Å². The van der Waals surface area contributed by atoms with Crippen LogP contribution in [0.3, 0.4) is 0 Å². The summed E-state index contributed by atoms with van der Waals surface area (Å²) in [6.45, 7) is 11.2. The number of ether oxygens (including phenoxy) is 1. The molecule has 0 amide bonds. The van der Waals surface area contributed by atoms with Crippen LogP contribution in [0.25, 0.3) is 0 Å². The summed E-state index contributed by atoms with van der Waals surface area (Å²) in [6.07, 6.45) is 3.21. The molecule has 0 bridgehead atoms. The molecular weight excluding hydrogens is 254 g/mol. The fourth-order valence-corrected chi connectivity index (χ4v) is 2.68. The van der Waals surface area contributed by atoms with Crippen LogP contribution >= 0.6 is 0 Å². The van der Waals surface area contributed by atoms with Crippen LogP contribution in [0.5, 0.6) is 0 Å². The van der Waals surface area contributed by atoms with Crippen molar-refractivity contribution in [3.8, 4) is 0 Å². The van der Waals surface area contributed by atoms with Crippen molar-refractivity contribution < 1.29 is 9.26 Å². The van der Waals surface area contributed by atoms with E-state index in [-0.39, 0.29) is 11.5 Å². The number of hydrogen-bond donors (Lipinski definition) is 1. The van der Waals surface area contributed by atoms with E-state index in [1.807, 2.05) is 6.92 Å².